The summed E-state index contributed by atoms with van der Waals surface area (Å²) in [5.41, 5.74) is 17.8. The smallest absolute Gasteiger partial charge is 0.225 e. The molecule has 0 spiro atoms. The van der Waals surface area contributed by atoms with Crippen molar-refractivity contribution in [3.8, 4) is 0 Å². The summed E-state index contributed by atoms with van der Waals surface area (Å²) >= 11 is 6.08. The third-order valence-corrected chi connectivity index (χ3v) is 4.08. The van der Waals surface area contributed by atoms with E-state index in [1.807, 2.05) is 24.8 Å². The number of rotatable bonds is 3. The lowest BCUT2D eigenvalue weighted by atomic mass is 10.1. The van der Waals surface area contributed by atoms with Crippen molar-refractivity contribution in [1.29, 1.82) is 0 Å². The molecule has 2 rings (SSSR count). The lowest BCUT2D eigenvalue weighted by Gasteiger charge is -2.37. The van der Waals surface area contributed by atoms with Crippen LogP contribution in [0.2, 0.25) is 5.02 Å². The molecule has 8 nitrogen and oxygen atoms in total. The maximum atomic E-state index is 12.1. The molecule has 0 unspecified atom stereocenters. The Bertz CT molecular complexity index is 690. The second-order valence-corrected chi connectivity index (χ2v) is 6.54. The number of halogens is 1. The Kier molecular flexibility index (Phi) is 6.08. The van der Waals surface area contributed by atoms with E-state index in [1.165, 1.54) is 0 Å². The van der Waals surface area contributed by atoms with Gasteiger partial charge in [-0.3, -0.25) is 4.79 Å². The van der Waals surface area contributed by atoms with E-state index < -0.39 is 0 Å². The molecule has 25 heavy (non-hydrogen) atoms. The fourth-order valence-corrected chi connectivity index (χ4v) is 2.83. The van der Waals surface area contributed by atoms with Crippen LogP contribution in [0.25, 0.3) is 0 Å². The summed E-state index contributed by atoms with van der Waals surface area (Å²) in [6, 6.07) is 5.37. The first-order valence-electron chi connectivity index (χ1n) is 8.05. The van der Waals surface area contributed by atoms with Crippen molar-refractivity contribution in [1.82, 2.24) is 4.90 Å². The van der Waals surface area contributed by atoms with Crippen molar-refractivity contribution < 1.29 is 4.79 Å². The van der Waals surface area contributed by atoms with Gasteiger partial charge in [0.25, 0.3) is 0 Å². The van der Waals surface area contributed by atoms with Crippen LogP contribution in [0, 0.1) is 5.92 Å². The number of hydrogen-bond donors (Lipinski definition) is 3. The standard InChI is InChI=1S/C16H24ClN7O/c1-10(2)14(25)24-7-5-23(6-8-24)13-4-3-11(17)9-12(13)21-16(20)22-15(18)19/h3-4,9-10H,5-8H2,1-2H3,(H6,18,19,20,21,22). The predicted molar refractivity (Wildman–Crippen MR) is 102 cm³/mol. The summed E-state index contributed by atoms with van der Waals surface area (Å²) in [7, 11) is 0. The van der Waals surface area contributed by atoms with Gasteiger partial charge in [0.1, 0.15) is 0 Å². The average molecular weight is 366 g/mol. The van der Waals surface area contributed by atoms with E-state index in [0.717, 1.165) is 5.69 Å². The Labute approximate surface area is 152 Å². The number of anilines is 1. The van der Waals surface area contributed by atoms with Crippen LogP contribution in [0.3, 0.4) is 0 Å². The molecule has 1 aromatic carbocycles. The second-order valence-electron chi connectivity index (χ2n) is 6.11. The maximum absolute atomic E-state index is 12.1. The number of nitrogens with zero attached hydrogens (tertiary/aromatic N) is 4. The molecule has 1 amide bonds. The van der Waals surface area contributed by atoms with Gasteiger partial charge in [-0.15, -0.1) is 0 Å². The molecule has 1 fully saturated rings. The number of carbonyl (C=O) groups excluding carboxylic acids is 1. The van der Waals surface area contributed by atoms with Crippen LogP contribution in [0.1, 0.15) is 13.8 Å². The minimum atomic E-state index is -0.161. The van der Waals surface area contributed by atoms with Crippen LogP contribution in [-0.4, -0.2) is 48.9 Å². The third kappa shape index (κ3) is 4.99. The van der Waals surface area contributed by atoms with Crippen molar-refractivity contribution in [2.24, 2.45) is 33.1 Å². The molecule has 136 valence electrons. The summed E-state index contributed by atoms with van der Waals surface area (Å²) in [5.74, 6) is -0.0320. The zero-order valence-electron chi connectivity index (χ0n) is 14.4. The van der Waals surface area contributed by atoms with Crippen molar-refractivity contribution >= 4 is 40.8 Å². The van der Waals surface area contributed by atoms with Crippen LogP contribution in [-0.2, 0) is 4.79 Å². The van der Waals surface area contributed by atoms with Gasteiger partial charge in [-0.2, -0.15) is 4.99 Å². The molecule has 0 radical (unpaired) electrons. The van der Waals surface area contributed by atoms with Crippen LogP contribution in [0.4, 0.5) is 11.4 Å². The molecule has 1 saturated heterocycles. The summed E-state index contributed by atoms with van der Waals surface area (Å²) < 4.78 is 0. The fourth-order valence-electron chi connectivity index (χ4n) is 2.67. The molecular weight excluding hydrogens is 342 g/mol. The Balaban J connectivity index is 2.21. The lowest BCUT2D eigenvalue weighted by Crippen LogP contribution is -2.49. The van der Waals surface area contributed by atoms with Crippen molar-refractivity contribution in [2.75, 3.05) is 31.1 Å². The molecule has 9 heteroatoms. The van der Waals surface area contributed by atoms with E-state index in [1.54, 1.807) is 12.1 Å². The van der Waals surface area contributed by atoms with Gasteiger partial charge in [0, 0.05) is 37.1 Å². The number of amides is 1. The summed E-state index contributed by atoms with van der Waals surface area (Å²) in [4.78, 5) is 24.1. The van der Waals surface area contributed by atoms with Crippen LogP contribution >= 0.6 is 11.6 Å². The summed E-state index contributed by atoms with van der Waals surface area (Å²) in [6.45, 7) is 6.54. The molecular formula is C16H24ClN7O. The van der Waals surface area contributed by atoms with Gasteiger partial charge in [-0.25, -0.2) is 4.99 Å². The minimum Gasteiger partial charge on any atom is -0.370 e. The maximum Gasteiger partial charge on any atom is 0.225 e. The van der Waals surface area contributed by atoms with Crippen molar-refractivity contribution in [3.63, 3.8) is 0 Å². The van der Waals surface area contributed by atoms with E-state index in [-0.39, 0.29) is 23.7 Å². The zero-order valence-corrected chi connectivity index (χ0v) is 15.2. The van der Waals surface area contributed by atoms with Crippen LogP contribution < -0.4 is 22.1 Å². The Morgan fingerprint density at radius 2 is 1.80 bits per heavy atom. The van der Waals surface area contributed by atoms with Crippen molar-refractivity contribution in [3.05, 3.63) is 23.2 Å². The summed E-state index contributed by atoms with van der Waals surface area (Å²) in [6.07, 6.45) is 0. The zero-order chi connectivity index (χ0) is 18.6. The van der Waals surface area contributed by atoms with Gasteiger partial charge in [-0.05, 0) is 18.2 Å². The first kappa shape index (κ1) is 18.9. The number of carbonyl (C=O) groups is 1. The highest BCUT2D eigenvalue weighted by Crippen LogP contribution is 2.32. The topological polar surface area (TPSA) is 126 Å². The Hall–Kier alpha value is -2.48. The molecule has 1 aromatic rings. The molecule has 1 heterocycles. The van der Waals surface area contributed by atoms with Gasteiger partial charge >= 0.3 is 0 Å². The van der Waals surface area contributed by atoms with E-state index in [0.29, 0.717) is 36.9 Å². The van der Waals surface area contributed by atoms with Gasteiger partial charge in [0.05, 0.1) is 11.4 Å². The lowest BCUT2D eigenvalue weighted by molar-refractivity contribution is -0.134. The van der Waals surface area contributed by atoms with Gasteiger partial charge < -0.3 is 27.0 Å². The molecule has 6 N–H and O–H groups in total. The number of hydrogen-bond acceptors (Lipinski definition) is 3. The number of aliphatic imine (C=N–C) groups is 2. The van der Waals surface area contributed by atoms with Crippen molar-refractivity contribution in [2.45, 2.75) is 13.8 Å². The highest BCUT2D eigenvalue weighted by molar-refractivity contribution is 6.31. The molecule has 0 aliphatic carbocycles. The van der Waals surface area contributed by atoms with E-state index >= 15 is 0 Å². The molecule has 0 bridgehead atoms. The molecule has 1 aliphatic heterocycles. The molecule has 0 atom stereocenters. The normalized spacial score (nSPS) is 15.4. The number of nitrogens with two attached hydrogens (primary N) is 3. The van der Waals surface area contributed by atoms with Gasteiger partial charge in [0.15, 0.2) is 5.96 Å². The average Bonchev–Trinajstić information content (AvgIpc) is 2.53. The minimum absolute atomic E-state index is 0.00150. The second kappa shape index (κ2) is 8.06. The predicted octanol–water partition coefficient (Wildman–Crippen LogP) is 0.864. The van der Waals surface area contributed by atoms with E-state index in [4.69, 9.17) is 28.8 Å². The van der Waals surface area contributed by atoms with Gasteiger partial charge in [-0.1, -0.05) is 25.4 Å². The first-order valence-corrected chi connectivity index (χ1v) is 8.43. The van der Waals surface area contributed by atoms with Crippen LogP contribution in [0.15, 0.2) is 28.2 Å². The molecule has 0 aromatic heterocycles. The van der Waals surface area contributed by atoms with E-state index in [9.17, 15) is 4.79 Å². The quantitative estimate of drug-likeness (QED) is 0.541. The summed E-state index contributed by atoms with van der Waals surface area (Å²) in [5, 5.41) is 0.536. The van der Waals surface area contributed by atoms with Crippen LogP contribution in [0.5, 0.6) is 0 Å². The highest BCUT2D eigenvalue weighted by atomic mass is 35.5. The Morgan fingerprint density at radius 3 is 2.36 bits per heavy atom. The fraction of sp³-hybridized carbons (Fsp3) is 0.438. The number of benzene rings is 1. The Morgan fingerprint density at radius 1 is 1.16 bits per heavy atom. The monoisotopic (exact) mass is 365 g/mol. The largest absolute Gasteiger partial charge is 0.370 e. The highest BCUT2D eigenvalue weighted by Gasteiger charge is 2.24. The van der Waals surface area contributed by atoms with E-state index in [2.05, 4.69) is 14.9 Å². The molecule has 1 aliphatic rings. The SMILES string of the molecule is CC(C)C(=O)N1CCN(c2ccc(Cl)cc2N=C(N)N=C(N)N)CC1. The first-order chi connectivity index (χ1) is 11.8. The van der Waals surface area contributed by atoms with Gasteiger partial charge in [0.2, 0.25) is 11.9 Å². The number of guanidine groups is 2. The molecule has 0 saturated carbocycles. The third-order valence-electron chi connectivity index (χ3n) is 3.84. The number of piperazine rings is 1.